The van der Waals surface area contributed by atoms with Crippen molar-refractivity contribution in [1.82, 2.24) is 9.80 Å². The maximum atomic E-state index is 12.2. The van der Waals surface area contributed by atoms with Gasteiger partial charge in [0.1, 0.15) is 6.04 Å². The number of benzene rings is 1. The highest BCUT2D eigenvalue weighted by molar-refractivity contribution is 7.15. The Morgan fingerprint density at radius 2 is 1.86 bits per heavy atom. The molecule has 1 aromatic carbocycles. The monoisotopic (exact) mass is 465 g/mol. The van der Waals surface area contributed by atoms with Gasteiger partial charge in [-0.05, 0) is 18.2 Å². The first-order valence-electron chi connectivity index (χ1n) is 8.67. The number of carbonyl (C=O) groups is 1. The highest BCUT2D eigenvalue weighted by Crippen LogP contribution is 2.33. The van der Waals surface area contributed by atoms with Crippen molar-refractivity contribution in [1.29, 1.82) is 0 Å². The van der Waals surface area contributed by atoms with E-state index >= 15 is 0 Å². The first kappa shape index (κ1) is 25.2. The van der Waals surface area contributed by atoms with Crippen LogP contribution in [0.4, 0.5) is 0 Å². The van der Waals surface area contributed by atoms with Gasteiger partial charge in [-0.3, -0.25) is 9.69 Å². The zero-order valence-corrected chi connectivity index (χ0v) is 18.9. The second kappa shape index (κ2) is 12.0. The fraction of sp³-hybridized carbons (Fsp3) is 0.421. The van der Waals surface area contributed by atoms with Crippen LogP contribution in [0.1, 0.15) is 4.88 Å². The van der Waals surface area contributed by atoms with E-state index in [1.54, 1.807) is 18.4 Å². The number of nitrogens with zero attached hydrogens (tertiary/aromatic N) is 2. The van der Waals surface area contributed by atoms with E-state index < -0.39 is 6.04 Å². The molecule has 1 fully saturated rings. The molecule has 2 aromatic rings. The number of piperazine rings is 1. The molecule has 3 rings (SSSR count). The van der Waals surface area contributed by atoms with Gasteiger partial charge in [0.2, 0.25) is 5.91 Å². The normalized spacial score (nSPS) is 15.5. The van der Waals surface area contributed by atoms with E-state index in [2.05, 4.69) is 17.0 Å². The summed E-state index contributed by atoms with van der Waals surface area (Å²) >= 11 is 8.06. The van der Waals surface area contributed by atoms with E-state index in [-0.39, 0.29) is 37.3 Å². The summed E-state index contributed by atoms with van der Waals surface area (Å²) in [5.74, 6) is -0.0244. The Labute approximate surface area is 187 Å². The second-order valence-electron chi connectivity index (χ2n) is 6.41. The lowest BCUT2D eigenvalue weighted by Crippen LogP contribution is -2.53. The maximum Gasteiger partial charge on any atom is 0.241 e. The van der Waals surface area contributed by atoms with Crippen molar-refractivity contribution >= 4 is 53.7 Å². The van der Waals surface area contributed by atoms with Gasteiger partial charge >= 0.3 is 0 Å². The molecule has 1 atom stereocenters. The third-order valence-corrected chi connectivity index (χ3v) is 5.96. The van der Waals surface area contributed by atoms with Crippen LogP contribution >= 0.6 is 47.8 Å². The van der Waals surface area contributed by atoms with Crippen molar-refractivity contribution in [3.05, 3.63) is 46.3 Å². The molecule has 0 aliphatic carbocycles. The molecule has 1 amide bonds. The molecule has 1 aliphatic heterocycles. The molecule has 9 heteroatoms. The number of nitrogens with two attached hydrogens (primary N) is 1. The lowest BCUT2D eigenvalue weighted by molar-refractivity contribution is -0.135. The number of rotatable bonds is 6. The fourth-order valence-electron chi connectivity index (χ4n) is 3.10. The molecule has 2 N–H and O–H groups in total. The Kier molecular flexibility index (Phi) is 10.8. The van der Waals surface area contributed by atoms with Gasteiger partial charge in [-0.1, -0.05) is 29.8 Å². The first-order valence-corrected chi connectivity index (χ1v) is 9.87. The summed E-state index contributed by atoms with van der Waals surface area (Å²) in [6.45, 7) is 4.27. The highest BCUT2D eigenvalue weighted by Gasteiger charge is 2.25. The van der Waals surface area contributed by atoms with Crippen molar-refractivity contribution in [3.63, 3.8) is 0 Å². The van der Waals surface area contributed by atoms with Crippen LogP contribution < -0.4 is 5.73 Å². The van der Waals surface area contributed by atoms with Crippen LogP contribution in [-0.4, -0.2) is 61.6 Å². The van der Waals surface area contributed by atoms with Gasteiger partial charge in [0, 0.05) is 60.2 Å². The van der Waals surface area contributed by atoms with Crippen molar-refractivity contribution in [2.75, 3.05) is 39.9 Å². The maximum absolute atomic E-state index is 12.2. The standard InChI is InChI=1S/C19H24ClN3O2S.2ClH/c1-25-13-17(21)19(24)23-10-8-22(9-11-23)12-14-6-7-18(26-14)15-4-2-3-5-16(15)20;;/h2-7,17H,8-13,21H2,1H3;2*1H. The topological polar surface area (TPSA) is 58.8 Å². The molecule has 1 unspecified atom stereocenters. The van der Waals surface area contributed by atoms with Gasteiger partial charge in [0.05, 0.1) is 6.61 Å². The smallest absolute Gasteiger partial charge is 0.241 e. The minimum absolute atomic E-state index is 0. The fourth-order valence-corrected chi connectivity index (χ4v) is 4.48. The molecule has 2 heterocycles. The van der Waals surface area contributed by atoms with Gasteiger partial charge in [-0.15, -0.1) is 36.2 Å². The summed E-state index contributed by atoms with van der Waals surface area (Å²) in [5, 5.41) is 0.778. The van der Waals surface area contributed by atoms with Crippen LogP contribution in [-0.2, 0) is 16.1 Å². The predicted molar refractivity (Wildman–Crippen MR) is 121 cm³/mol. The number of hydrogen-bond acceptors (Lipinski definition) is 5. The summed E-state index contributed by atoms with van der Waals surface area (Å²) in [6.07, 6.45) is 0. The second-order valence-corrected chi connectivity index (χ2v) is 7.98. The van der Waals surface area contributed by atoms with Crippen LogP contribution in [0.15, 0.2) is 36.4 Å². The first-order chi connectivity index (χ1) is 12.6. The molecule has 0 radical (unpaired) electrons. The summed E-state index contributed by atoms with van der Waals surface area (Å²) in [4.78, 5) is 18.9. The number of carbonyl (C=O) groups excluding carboxylic acids is 1. The van der Waals surface area contributed by atoms with Crippen molar-refractivity contribution < 1.29 is 9.53 Å². The molecule has 1 aromatic heterocycles. The van der Waals surface area contributed by atoms with Crippen LogP contribution in [0.25, 0.3) is 10.4 Å². The minimum Gasteiger partial charge on any atom is -0.383 e. The Morgan fingerprint density at radius 1 is 1.18 bits per heavy atom. The largest absolute Gasteiger partial charge is 0.383 e. The van der Waals surface area contributed by atoms with Crippen molar-refractivity contribution in [2.24, 2.45) is 5.73 Å². The van der Waals surface area contributed by atoms with Gasteiger partial charge in [-0.2, -0.15) is 0 Å². The SMILES string of the molecule is COCC(N)C(=O)N1CCN(Cc2ccc(-c3ccccc3Cl)s2)CC1.Cl.Cl. The van der Waals surface area contributed by atoms with E-state index in [1.165, 1.54) is 9.75 Å². The third-order valence-electron chi connectivity index (χ3n) is 4.53. The average Bonchev–Trinajstić information content (AvgIpc) is 3.10. The third kappa shape index (κ3) is 6.32. The molecule has 0 spiro atoms. The zero-order chi connectivity index (χ0) is 18.5. The number of hydrogen-bond donors (Lipinski definition) is 1. The Balaban J connectivity index is 0.00000196. The lowest BCUT2D eigenvalue weighted by Gasteiger charge is -2.35. The number of amides is 1. The quantitative estimate of drug-likeness (QED) is 0.707. The van der Waals surface area contributed by atoms with Gasteiger partial charge in [0.25, 0.3) is 0 Å². The van der Waals surface area contributed by atoms with E-state index in [9.17, 15) is 4.79 Å². The summed E-state index contributed by atoms with van der Waals surface area (Å²) in [6, 6.07) is 11.6. The molecule has 5 nitrogen and oxygen atoms in total. The molecule has 28 heavy (non-hydrogen) atoms. The zero-order valence-electron chi connectivity index (χ0n) is 15.7. The highest BCUT2D eigenvalue weighted by atomic mass is 35.5. The van der Waals surface area contributed by atoms with Crippen molar-refractivity contribution in [2.45, 2.75) is 12.6 Å². The summed E-state index contributed by atoms with van der Waals surface area (Å²) in [7, 11) is 1.56. The average molecular weight is 467 g/mol. The van der Waals surface area contributed by atoms with Gasteiger partial charge < -0.3 is 15.4 Å². The van der Waals surface area contributed by atoms with E-state index in [4.69, 9.17) is 22.1 Å². The van der Waals surface area contributed by atoms with E-state index in [0.717, 1.165) is 30.2 Å². The van der Waals surface area contributed by atoms with Crippen LogP contribution in [0.3, 0.4) is 0 Å². The molecular weight excluding hydrogens is 441 g/mol. The van der Waals surface area contributed by atoms with Crippen LogP contribution in [0.2, 0.25) is 5.02 Å². The van der Waals surface area contributed by atoms with Gasteiger partial charge in [-0.25, -0.2) is 0 Å². The van der Waals surface area contributed by atoms with Crippen LogP contribution in [0.5, 0.6) is 0 Å². The minimum atomic E-state index is -0.568. The number of methoxy groups -OCH3 is 1. The van der Waals surface area contributed by atoms with E-state index in [0.29, 0.717) is 13.1 Å². The number of ether oxygens (including phenoxy) is 1. The van der Waals surface area contributed by atoms with E-state index in [1.807, 2.05) is 29.2 Å². The van der Waals surface area contributed by atoms with Crippen LogP contribution in [0, 0.1) is 0 Å². The Hall–Kier alpha value is -0.860. The van der Waals surface area contributed by atoms with Crippen molar-refractivity contribution in [3.8, 4) is 10.4 Å². The molecule has 156 valence electrons. The lowest BCUT2D eigenvalue weighted by atomic mass is 10.2. The Morgan fingerprint density at radius 3 is 2.50 bits per heavy atom. The molecule has 1 aliphatic rings. The number of halogens is 3. The van der Waals surface area contributed by atoms with Gasteiger partial charge in [0.15, 0.2) is 0 Å². The molecular formula is C19H26Cl3N3O2S. The molecule has 0 bridgehead atoms. The molecule has 0 saturated carbocycles. The number of thiophene rings is 1. The molecule has 1 saturated heterocycles. The summed E-state index contributed by atoms with van der Waals surface area (Å²) in [5.41, 5.74) is 6.92. The predicted octanol–water partition coefficient (Wildman–Crippen LogP) is 3.53. The Bertz CT molecular complexity index is 752. The summed E-state index contributed by atoms with van der Waals surface area (Å²) < 4.78 is 4.97.